The molecule has 9 heteroatoms. The first-order valence-electron chi connectivity index (χ1n) is 12.3. The first kappa shape index (κ1) is 26.7. The Hall–Kier alpha value is -4.34. The molecule has 0 aliphatic rings. The van der Waals surface area contributed by atoms with Crippen molar-refractivity contribution in [1.82, 2.24) is 15.3 Å². The van der Waals surface area contributed by atoms with Crippen LogP contribution in [0.3, 0.4) is 0 Å². The molecule has 5 N–H and O–H groups in total. The van der Waals surface area contributed by atoms with Crippen molar-refractivity contribution in [2.45, 2.75) is 38.4 Å². The molecule has 9 nitrogen and oxygen atoms in total. The van der Waals surface area contributed by atoms with Crippen LogP contribution < -0.4 is 16.8 Å². The first-order valence-corrected chi connectivity index (χ1v) is 12.3. The summed E-state index contributed by atoms with van der Waals surface area (Å²) in [4.78, 5) is 61.3. The van der Waals surface area contributed by atoms with Crippen molar-refractivity contribution in [3.8, 4) is 0 Å². The predicted octanol–water partition coefficient (Wildman–Crippen LogP) is 2.95. The number of aromatic nitrogens is 2. The highest BCUT2D eigenvalue weighted by Crippen LogP contribution is 2.21. The van der Waals surface area contributed by atoms with Crippen LogP contribution >= 0.6 is 0 Å². The Kier molecular flexibility index (Phi) is 7.70. The fourth-order valence-electron chi connectivity index (χ4n) is 4.33. The van der Waals surface area contributed by atoms with E-state index in [1.807, 2.05) is 26.0 Å². The standard InChI is InChI=1S/C29H29N5O4/c1-17(2)15-22(34-28(38)21-12-4-8-19-10-6-14-33-26(19)21)23(35)16-24(36)29(30,31)27(37)20-11-3-7-18-9-5-13-32-25(18)20/h3-14,17,22H,15-16,30-31H2,1-2H3,(H,34,38)/t22-/m0/s1. The van der Waals surface area contributed by atoms with E-state index in [2.05, 4.69) is 15.3 Å². The highest BCUT2D eigenvalue weighted by Gasteiger charge is 2.40. The summed E-state index contributed by atoms with van der Waals surface area (Å²) >= 11 is 0. The van der Waals surface area contributed by atoms with Crippen molar-refractivity contribution in [3.05, 3.63) is 84.2 Å². The van der Waals surface area contributed by atoms with Gasteiger partial charge in [0.15, 0.2) is 17.2 Å². The molecule has 0 radical (unpaired) electrons. The predicted molar refractivity (Wildman–Crippen MR) is 144 cm³/mol. The minimum atomic E-state index is -2.45. The van der Waals surface area contributed by atoms with Gasteiger partial charge in [-0.2, -0.15) is 0 Å². The second-order valence-electron chi connectivity index (χ2n) is 9.68. The van der Waals surface area contributed by atoms with Gasteiger partial charge in [-0.15, -0.1) is 0 Å². The van der Waals surface area contributed by atoms with Gasteiger partial charge >= 0.3 is 0 Å². The van der Waals surface area contributed by atoms with Gasteiger partial charge in [0.2, 0.25) is 5.78 Å². The van der Waals surface area contributed by atoms with Crippen LogP contribution in [0, 0.1) is 5.92 Å². The summed E-state index contributed by atoms with van der Waals surface area (Å²) in [5.74, 6) is -2.85. The molecule has 0 fully saturated rings. The molecular weight excluding hydrogens is 482 g/mol. The number of carbonyl (C=O) groups excluding carboxylic acids is 4. The van der Waals surface area contributed by atoms with Crippen LogP contribution in [0.5, 0.6) is 0 Å². The Balaban J connectivity index is 1.54. The van der Waals surface area contributed by atoms with Crippen LogP contribution in [0.15, 0.2) is 73.1 Å². The molecule has 4 rings (SSSR count). The zero-order valence-corrected chi connectivity index (χ0v) is 21.2. The Morgan fingerprint density at radius 2 is 1.34 bits per heavy atom. The molecule has 0 unspecified atom stereocenters. The van der Waals surface area contributed by atoms with E-state index in [0.717, 1.165) is 5.39 Å². The summed E-state index contributed by atoms with van der Waals surface area (Å²) < 4.78 is 0. The third-order valence-corrected chi connectivity index (χ3v) is 6.33. The number of Topliss-reactive ketones (excluding diaryl/α,β-unsaturated/α-hetero) is 3. The largest absolute Gasteiger partial charge is 0.342 e. The molecule has 4 aromatic rings. The molecule has 2 aromatic carbocycles. The molecule has 38 heavy (non-hydrogen) atoms. The van der Waals surface area contributed by atoms with Crippen LogP contribution in [0.4, 0.5) is 0 Å². The highest BCUT2D eigenvalue weighted by molar-refractivity contribution is 6.24. The number of rotatable bonds is 10. The smallest absolute Gasteiger partial charge is 0.254 e. The number of benzene rings is 2. The van der Waals surface area contributed by atoms with Crippen molar-refractivity contribution in [3.63, 3.8) is 0 Å². The van der Waals surface area contributed by atoms with Gasteiger partial charge in [-0.3, -0.25) is 29.1 Å². The quantitative estimate of drug-likeness (QED) is 0.167. The van der Waals surface area contributed by atoms with E-state index in [4.69, 9.17) is 11.5 Å². The number of hydrogen-bond donors (Lipinski definition) is 3. The first-order chi connectivity index (χ1) is 18.1. The van der Waals surface area contributed by atoms with Crippen molar-refractivity contribution in [1.29, 1.82) is 0 Å². The molecular formula is C29H29N5O4. The van der Waals surface area contributed by atoms with Gasteiger partial charge in [-0.1, -0.05) is 50.2 Å². The van der Waals surface area contributed by atoms with E-state index in [1.165, 1.54) is 12.3 Å². The maximum absolute atomic E-state index is 13.3. The Labute approximate surface area is 219 Å². The highest BCUT2D eigenvalue weighted by atomic mass is 16.2. The second-order valence-corrected chi connectivity index (χ2v) is 9.68. The normalized spacial score (nSPS) is 12.4. The number of para-hydroxylation sites is 2. The monoisotopic (exact) mass is 511 g/mol. The van der Waals surface area contributed by atoms with Crippen LogP contribution in [0.1, 0.15) is 47.4 Å². The lowest BCUT2D eigenvalue weighted by molar-refractivity contribution is -0.130. The average Bonchev–Trinajstić information content (AvgIpc) is 2.91. The third-order valence-electron chi connectivity index (χ3n) is 6.33. The summed E-state index contributed by atoms with van der Waals surface area (Å²) in [5, 5.41) is 4.20. The molecule has 2 heterocycles. The summed E-state index contributed by atoms with van der Waals surface area (Å²) in [5.41, 5.74) is 10.9. The molecule has 0 spiro atoms. The fraction of sp³-hybridized carbons (Fsp3) is 0.241. The van der Waals surface area contributed by atoms with Gasteiger partial charge in [0.25, 0.3) is 5.91 Å². The third kappa shape index (κ3) is 5.49. The molecule has 1 atom stereocenters. The molecule has 0 saturated heterocycles. The lowest BCUT2D eigenvalue weighted by atomic mass is 9.89. The summed E-state index contributed by atoms with van der Waals surface area (Å²) in [6.45, 7) is 3.78. The van der Waals surface area contributed by atoms with E-state index in [0.29, 0.717) is 22.0 Å². The van der Waals surface area contributed by atoms with Gasteiger partial charge < -0.3 is 16.8 Å². The molecule has 194 valence electrons. The van der Waals surface area contributed by atoms with Gasteiger partial charge in [0, 0.05) is 28.7 Å². The van der Waals surface area contributed by atoms with E-state index >= 15 is 0 Å². The number of hydrogen-bond acceptors (Lipinski definition) is 8. The Morgan fingerprint density at radius 1 is 0.816 bits per heavy atom. The summed E-state index contributed by atoms with van der Waals surface area (Å²) in [6.07, 6.45) is 2.66. The molecule has 0 aliphatic carbocycles. The minimum absolute atomic E-state index is 0.0221. The number of nitrogens with zero attached hydrogens (tertiary/aromatic N) is 2. The number of nitrogens with two attached hydrogens (primary N) is 2. The van der Waals surface area contributed by atoms with Gasteiger partial charge in [-0.05, 0) is 36.6 Å². The number of carbonyl (C=O) groups is 4. The van der Waals surface area contributed by atoms with Crippen LogP contribution in [-0.2, 0) is 9.59 Å². The number of amides is 1. The maximum atomic E-state index is 13.3. The lowest BCUT2D eigenvalue weighted by Gasteiger charge is -2.24. The van der Waals surface area contributed by atoms with Gasteiger partial charge in [0.1, 0.15) is 0 Å². The van der Waals surface area contributed by atoms with Crippen molar-refractivity contribution in [2.24, 2.45) is 17.4 Å². The van der Waals surface area contributed by atoms with Crippen molar-refractivity contribution >= 4 is 45.1 Å². The van der Waals surface area contributed by atoms with Gasteiger partial charge in [0.05, 0.1) is 29.1 Å². The van der Waals surface area contributed by atoms with Crippen LogP contribution in [0.25, 0.3) is 21.8 Å². The van der Waals surface area contributed by atoms with Crippen LogP contribution in [0.2, 0.25) is 0 Å². The zero-order valence-electron chi connectivity index (χ0n) is 21.2. The minimum Gasteiger partial charge on any atom is -0.342 e. The average molecular weight is 512 g/mol. The Morgan fingerprint density at radius 3 is 1.92 bits per heavy atom. The molecule has 1 amide bonds. The SMILES string of the molecule is CC(C)C[C@H](NC(=O)c1cccc2cccnc12)C(=O)CC(=O)C(N)(N)C(=O)c1cccc2cccnc12. The van der Waals surface area contributed by atoms with Gasteiger partial charge in [-0.25, -0.2) is 0 Å². The zero-order chi connectivity index (χ0) is 27.4. The van der Waals surface area contributed by atoms with Crippen molar-refractivity contribution in [2.75, 3.05) is 0 Å². The van der Waals surface area contributed by atoms with Crippen LogP contribution in [-0.4, -0.2) is 44.9 Å². The van der Waals surface area contributed by atoms with E-state index in [9.17, 15) is 19.2 Å². The summed E-state index contributed by atoms with van der Waals surface area (Å²) in [6, 6.07) is 16.2. The lowest BCUT2D eigenvalue weighted by Crippen LogP contribution is -2.63. The number of pyridine rings is 2. The molecule has 2 aromatic heterocycles. The molecule has 0 bridgehead atoms. The van der Waals surface area contributed by atoms with E-state index in [-0.39, 0.29) is 17.9 Å². The fourth-order valence-corrected chi connectivity index (χ4v) is 4.33. The number of nitrogens with one attached hydrogen (secondary N) is 1. The number of fused-ring (bicyclic) bond motifs is 2. The molecule has 0 saturated carbocycles. The maximum Gasteiger partial charge on any atom is 0.254 e. The molecule has 0 aliphatic heterocycles. The van der Waals surface area contributed by atoms with Crippen molar-refractivity contribution < 1.29 is 19.2 Å². The topological polar surface area (TPSA) is 158 Å². The number of ketones is 3. The van der Waals surface area contributed by atoms with E-state index in [1.54, 1.807) is 48.7 Å². The summed E-state index contributed by atoms with van der Waals surface area (Å²) in [7, 11) is 0. The second kappa shape index (κ2) is 11.0. The van der Waals surface area contributed by atoms with E-state index < -0.39 is 41.4 Å². The Bertz CT molecular complexity index is 1540.